The van der Waals surface area contributed by atoms with Crippen molar-refractivity contribution in [2.24, 2.45) is 0 Å². The summed E-state index contributed by atoms with van der Waals surface area (Å²) in [5.74, 6) is 0. The van der Waals surface area contributed by atoms with Gasteiger partial charge in [0.1, 0.15) is 0 Å². The summed E-state index contributed by atoms with van der Waals surface area (Å²) >= 11 is -2.42. The quantitative estimate of drug-likeness (QED) is 0.817. The van der Waals surface area contributed by atoms with Gasteiger partial charge in [0.15, 0.2) is 25.5 Å². The first kappa shape index (κ1) is 12.4. The minimum atomic E-state index is -3.58. The molecule has 0 aliphatic carbocycles. The highest BCUT2D eigenvalue weighted by Gasteiger charge is 2.28. The lowest BCUT2D eigenvalue weighted by Gasteiger charge is -2.11. The maximum atomic E-state index is 11.3. The van der Waals surface area contributed by atoms with E-state index in [4.69, 9.17) is 4.55 Å². The van der Waals surface area contributed by atoms with E-state index in [1.807, 2.05) is 6.92 Å². The highest BCUT2D eigenvalue weighted by Crippen LogP contribution is 2.24. The van der Waals surface area contributed by atoms with Crippen molar-refractivity contribution in [3.8, 4) is 0 Å². The van der Waals surface area contributed by atoms with Gasteiger partial charge in [0.25, 0.3) is 0 Å². The molecule has 1 aromatic carbocycles. The van der Waals surface area contributed by atoms with Crippen molar-refractivity contribution in [3.05, 3.63) is 35.4 Å². The van der Waals surface area contributed by atoms with Crippen molar-refractivity contribution in [1.82, 2.24) is 0 Å². The van der Waals surface area contributed by atoms with E-state index >= 15 is 0 Å². The van der Waals surface area contributed by atoms with Gasteiger partial charge in [-0.1, -0.05) is 29.8 Å². The highest BCUT2D eigenvalue weighted by molar-refractivity contribution is 8.03. The van der Waals surface area contributed by atoms with Gasteiger partial charge in [-0.25, -0.2) is 12.6 Å². The van der Waals surface area contributed by atoms with Crippen LogP contribution in [0.5, 0.6) is 0 Å². The largest absolute Gasteiger partial charge is 0.305 e. The molecule has 0 radical (unpaired) electrons. The fourth-order valence-corrected chi connectivity index (χ4v) is 3.47. The zero-order valence-electron chi connectivity index (χ0n) is 8.38. The van der Waals surface area contributed by atoms with Crippen LogP contribution >= 0.6 is 0 Å². The second-order valence-electron chi connectivity index (χ2n) is 3.35. The van der Waals surface area contributed by atoms with Crippen LogP contribution in [0.4, 0.5) is 0 Å². The van der Waals surface area contributed by atoms with Crippen LogP contribution in [0.1, 0.15) is 15.7 Å². The van der Waals surface area contributed by atoms with Crippen LogP contribution < -0.4 is 0 Å². The minimum absolute atomic E-state index is 0.337. The summed E-state index contributed by atoms with van der Waals surface area (Å²) in [4.78, 5) is 0. The number of benzene rings is 1. The van der Waals surface area contributed by atoms with Crippen molar-refractivity contribution >= 4 is 20.9 Å². The monoisotopic (exact) mass is 248 g/mol. The Bertz CT molecular complexity index is 461. The third kappa shape index (κ3) is 3.12. The average Bonchev–Trinajstić information content (AvgIpc) is 2.05. The Morgan fingerprint density at radius 3 is 2.07 bits per heavy atom. The van der Waals surface area contributed by atoms with E-state index in [0.717, 1.165) is 11.8 Å². The molecule has 4 nitrogen and oxygen atoms in total. The molecule has 0 saturated heterocycles. The Kier molecular flexibility index (Phi) is 3.64. The predicted octanol–water partition coefficient (Wildman–Crippen LogP) is 1.26. The smallest absolute Gasteiger partial charge is 0.186 e. The van der Waals surface area contributed by atoms with Crippen LogP contribution in [0.2, 0.25) is 0 Å². The third-order valence-electron chi connectivity index (χ3n) is 1.92. The molecule has 1 rings (SSSR count). The van der Waals surface area contributed by atoms with E-state index in [2.05, 4.69) is 0 Å². The number of aryl methyl sites for hydroxylation is 1. The summed E-state index contributed by atoms with van der Waals surface area (Å²) in [5.41, 5.74) is 1.30. The molecule has 0 aliphatic heterocycles. The molecule has 0 fully saturated rings. The molecule has 0 aromatic heterocycles. The van der Waals surface area contributed by atoms with E-state index in [9.17, 15) is 12.6 Å². The molecule has 0 amide bonds. The van der Waals surface area contributed by atoms with Crippen molar-refractivity contribution in [1.29, 1.82) is 0 Å². The van der Waals surface area contributed by atoms with Crippen LogP contribution in [0, 0.1) is 6.92 Å². The Morgan fingerprint density at radius 1 is 1.27 bits per heavy atom. The second kappa shape index (κ2) is 4.42. The van der Waals surface area contributed by atoms with Crippen LogP contribution in [-0.4, -0.2) is 23.4 Å². The molecule has 0 spiro atoms. The fourth-order valence-electron chi connectivity index (χ4n) is 1.24. The molecule has 6 heteroatoms. The van der Waals surface area contributed by atoms with Crippen LogP contribution in [-0.2, 0) is 20.9 Å². The lowest BCUT2D eigenvalue weighted by molar-refractivity contribution is 0.555. The average molecular weight is 248 g/mol. The van der Waals surface area contributed by atoms with Crippen LogP contribution in [0.25, 0.3) is 0 Å². The topological polar surface area (TPSA) is 71.4 Å². The van der Waals surface area contributed by atoms with Gasteiger partial charge in [0.05, 0.1) is 0 Å². The van der Waals surface area contributed by atoms with Gasteiger partial charge in [-0.2, -0.15) is 0 Å². The summed E-state index contributed by atoms with van der Waals surface area (Å²) < 4.78 is 41.2. The standard InChI is InChI=1S/C9H12O4S2/c1-7-3-5-8(6-4-7)9(14(10)11)15(2,12)13/h3-6,9H,1-2H3,(H,10,11). The van der Waals surface area contributed by atoms with Crippen molar-refractivity contribution < 1.29 is 17.2 Å². The number of hydrogen-bond acceptors (Lipinski definition) is 3. The lowest BCUT2D eigenvalue weighted by atomic mass is 10.2. The Morgan fingerprint density at radius 2 is 1.73 bits per heavy atom. The molecule has 84 valence electrons. The molecular formula is C9H12O4S2. The summed E-state index contributed by atoms with van der Waals surface area (Å²) in [7, 11) is -3.58. The Labute approximate surface area is 91.5 Å². The number of rotatable bonds is 3. The van der Waals surface area contributed by atoms with E-state index < -0.39 is 25.5 Å². The summed E-state index contributed by atoms with van der Waals surface area (Å²) in [5, 5.41) is 0. The zero-order chi connectivity index (χ0) is 11.6. The van der Waals surface area contributed by atoms with Crippen molar-refractivity contribution in [3.63, 3.8) is 0 Å². The molecule has 0 bridgehead atoms. The summed E-state index contributed by atoms with van der Waals surface area (Å²) in [6.07, 6.45) is 0.950. The maximum Gasteiger partial charge on any atom is 0.186 e. The molecule has 0 saturated carbocycles. The number of sulfone groups is 1. The normalized spacial score (nSPS) is 15.9. The minimum Gasteiger partial charge on any atom is -0.305 e. The first-order valence-electron chi connectivity index (χ1n) is 4.17. The predicted molar refractivity (Wildman–Crippen MR) is 59.5 cm³/mol. The first-order chi connectivity index (χ1) is 6.82. The third-order valence-corrected chi connectivity index (χ3v) is 5.15. The summed E-state index contributed by atoms with van der Waals surface area (Å²) in [6.45, 7) is 1.86. The maximum absolute atomic E-state index is 11.3. The van der Waals surface area contributed by atoms with E-state index in [1.165, 1.54) is 0 Å². The van der Waals surface area contributed by atoms with E-state index in [0.29, 0.717) is 5.56 Å². The van der Waals surface area contributed by atoms with Crippen LogP contribution in [0.15, 0.2) is 24.3 Å². The fraction of sp³-hybridized carbons (Fsp3) is 0.333. The van der Waals surface area contributed by atoms with Gasteiger partial charge < -0.3 is 4.55 Å². The summed E-state index contributed by atoms with van der Waals surface area (Å²) in [6, 6.07) is 6.52. The van der Waals surface area contributed by atoms with Crippen molar-refractivity contribution in [2.45, 2.75) is 11.5 Å². The van der Waals surface area contributed by atoms with Gasteiger partial charge in [-0.15, -0.1) is 0 Å². The molecular weight excluding hydrogens is 236 g/mol. The molecule has 15 heavy (non-hydrogen) atoms. The molecule has 2 unspecified atom stereocenters. The first-order valence-corrected chi connectivity index (χ1v) is 7.30. The van der Waals surface area contributed by atoms with E-state index in [-0.39, 0.29) is 0 Å². The molecule has 0 aliphatic rings. The van der Waals surface area contributed by atoms with E-state index in [1.54, 1.807) is 24.3 Å². The van der Waals surface area contributed by atoms with Gasteiger partial charge in [0, 0.05) is 6.26 Å². The Balaban J connectivity index is 3.23. The number of hydrogen-bond donors (Lipinski definition) is 1. The van der Waals surface area contributed by atoms with Gasteiger partial charge in [0.2, 0.25) is 0 Å². The van der Waals surface area contributed by atoms with Gasteiger partial charge >= 0.3 is 0 Å². The molecule has 1 N–H and O–H groups in total. The molecule has 2 atom stereocenters. The van der Waals surface area contributed by atoms with Gasteiger partial charge in [-0.3, -0.25) is 0 Å². The SMILES string of the molecule is Cc1ccc(C(S(=O)O)S(C)(=O)=O)cc1. The Hall–Kier alpha value is -0.720. The van der Waals surface area contributed by atoms with Crippen molar-refractivity contribution in [2.75, 3.05) is 6.26 Å². The molecule has 1 aromatic rings. The highest BCUT2D eigenvalue weighted by atomic mass is 32.3. The second-order valence-corrected chi connectivity index (χ2v) is 6.80. The molecule has 0 heterocycles. The van der Waals surface area contributed by atoms with Crippen LogP contribution in [0.3, 0.4) is 0 Å². The lowest BCUT2D eigenvalue weighted by Crippen LogP contribution is -2.16. The van der Waals surface area contributed by atoms with Gasteiger partial charge in [-0.05, 0) is 12.5 Å². The zero-order valence-corrected chi connectivity index (χ0v) is 10.0.